The number of nitrogens with one attached hydrogen (secondary N) is 1. The minimum Gasteiger partial charge on any atom is -0.478 e. The van der Waals surface area contributed by atoms with E-state index in [4.69, 9.17) is 9.94 Å². The molecule has 1 unspecified atom stereocenters. The molecule has 2 heterocycles. The summed E-state index contributed by atoms with van der Waals surface area (Å²) < 4.78 is 27.7. The Kier molecular flexibility index (Phi) is 6.60. The van der Waals surface area contributed by atoms with Crippen molar-refractivity contribution in [1.29, 1.82) is 0 Å². The second-order valence-electron chi connectivity index (χ2n) is 7.61. The van der Waals surface area contributed by atoms with E-state index in [9.17, 15) is 18.4 Å². The zero-order valence-corrected chi connectivity index (χ0v) is 17.5. The van der Waals surface area contributed by atoms with Crippen molar-refractivity contribution in [3.63, 3.8) is 0 Å². The molecule has 170 valence electrons. The van der Waals surface area contributed by atoms with Gasteiger partial charge in [0, 0.05) is 12.7 Å². The number of carboxylic acid groups (broad SMARTS) is 1. The third kappa shape index (κ3) is 4.98. The number of rotatable bonds is 9. The van der Waals surface area contributed by atoms with Crippen molar-refractivity contribution in [1.82, 2.24) is 9.88 Å². The lowest BCUT2D eigenvalue weighted by molar-refractivity contribution is 0.0682. The first-order chi connectivity index (χ1) is 15.9. The molecule has 3 aromatic rings. The zero-order chi connectivity index (χ0) is 23.4. The minimum atomic E-state index is -1.07. The summed E-state index contributed by atoms with van der Waals surface area (Å²) >= 11 is 0. The van der Waals surface area contributed by atoms with Crippen LogP contribution >= 0.6 is 0 Å². The number of benzene rings is 2. The molecule has 0 bridgehead atoms. The molecule has 4 rings (SSSR count). The first-order valence-electron chi connectivity index (χ1n) is 10.3. The van der Waals surface area contributed by atoms with Crippen molar-refractivity contribution in [3.05, 3.63) is 94.7 Å². The summed E-state index contributed by atoms with van der Waals surface area (Å²) in [5.74, 6) is -2.02. The molecule has 1 amide bonds. The van der Waals surface area contributed by atoms with Gasteiger partial charge >= 0.3 is 5.97 Å². The minimum absolute atomic E-state index is 0.0681. The Morgan fingerprint density at radius 3 is 2.61 bits per heavy atom. The van der Waals surface area contributed by atoms with Crippen LogP contribution in [0.25, 0.3) is 0 Å². The summed E-state index contributed by atoms with van der Waals surface area (Å²) in [4.78, 5) is 34.8. The zero-order valence-electron chi connectivity index (χ0n) is 17.5. The average molecular weight is 453 g/mol. The SMILES string of the molecule is O=C(O)c1ccc(NOCCCC2c3cccc(F)c3C(=O)N2Cc2ccc(F)cc2)nc1. The van der Waals surface area contributed by atoms with Gasteiger partial charge in [-0.15, -0.1) is 0 Å². The topological polar surface area (TPSA) is 91.8 Å². The first-order valence-corrected chi connectivity index (χ1v) is 10.3. The van der Waals surface area contributed by atoms with Gasteiger partial charge in [-0.2, -0.15) is 0 Å². The molecule has 2 aromatic carbocycles. The predicted molar refractivity (Wildman–Crippen MR) is 115 cm³/mol. The van der Waals surface area contributed by atoms with Crippen LogP contribution in [0.4, 0.5) is 14.6 Å². The average Bonchev–Trinajstić information content (AvgIpc) is 3.07. The highest BCUT2D eigenvalue weighted by Gasteiger charge is 2.38. The number of hydrogen-bond donors (Lipinski definition) is 2. The fraction of sp³-hybridized carbons (Fsp3) is 0.208. The van der Waals surface area contributed by atoms with E-state index in [2.05, 4.69) is 10.5 Å². The van der Waals surface area contributed by atoms with E-state index in [1.807, 2.05) is 0 Å². The number of pyridine rings is 1. The molecular formula is C24H21F2N3O4. The fourth-order valence-electron chi connectivity index (χ4n) is 3.83. The van der Waals surface area contributed by atoms with Crippen LogP contribution in [0.1, 0.15) is 50.7 Å². The number of carbonyl (C=O) groups is 2. The van der Waals surface area contributed by atoms with E-state index >= 15 is 0 Å². The van der Waals surface area contributed by atoms with E-state index in [1.54, 1.807) is 29.2 Å². The monoisotopic (exact) mass is 453 g/mol. The molecule has 0 fully saturated rings. The van der Waals surface area contributed by atoms with Gasteiger partial charge in [0.15, 0.2) is 0 Å². The van der Waals surface area contributed by atoms with Gasteiger partial charge in [0.25, 0.3) is 5.91 Å². The van der Waals surface area contributed by atoms with Gasteiger partial charge in [-0.05, 0) is 54.3 Å². The Morgan fingerprint density at radius 1 is 1.12 bits per heavy atom. The van der Waals surface area contributed by atoms with Gasteiger partial charge < -0.3 is 10.0 Å². The van der Waals surface area contributed by atoms with Gasteiger partial charge in [0.2, 0.25) is 0 Å². The molecule has 0 aliphatic carbocycles. The molecule has 1 atom stereocenters. The summed E-state index contributed by atoms with van der Waals surface area (Å²) in [5.41, 5.74) is 4.17. The highest BCUT2D eigenvalue weighted by atomic mass is 19.1. The van der Waals surface area contributed by atoms with Gasteiger partial charge in [-0.3, -0.25) is 9.63 Å². The van der Waals surface area contributed by atoms with Crippen LogP contribution < -0.4 is 5.48 Å². The van der Waals surface area contributed by atoms with E-state index in [-0.39, 0.29) is 42.0 Å². The number of amides is 1. The molecule has 2 N–H and O–H groups in total. The predicted octanol–water partition coefficient (Wildman–Crippen LogP) is 4.58. The standard InChI is InChI=1S/C24H21F2N3O4/c25-17-9-6-15(7-10-17)14-29-20(18-3-1-4-19(26)22(18)23(29)30)5-2-12-33-28-21-11-8-16(13-27-21)24(31)32/h1,3-4,6-11,13,20H,2,5,12,14H2,(H,27,28)(H,31,32). The molecule has 0 radical (unpaired) electrons. The first kappa shape index (κ1) is 22.3. The Bertz CT molecular complexity index is 1150. The molecule has 1 aliphatic heterocycles. The van der Waals surface area contributed by atoms with Crippen molar-refractivity contribution in [2.24, 2.45) is 0 Å². The van der Waals surface area contributed by atoms with Gasteiger partial charge in [0.1, 0.15) is 17.5 Å². The Labute approximate surface area is 188 Å². The molecule has 0 spiro atoms. The fourth-order valence-corrected chi connectivity index (χ4v) is 3.83. The smallest absolute Gasteiger partial charge is 0.337 e. The van der Waals surface area contributed by atoms with E-state index < -0.39 is 11.8 Å². The summed E-state index contributed by atoms with van der Waals surface area (Å²) in [5, 5.41) is 8.90. The molecule has 7 nitrogen and oxygen atoms in total. The van der Waals surface area contributed by atoms with Gasteiger partial charge in [-0.1, -0.05) is 24.3 Å². The number of halogens is 2. The number of hydrogen-bond acceptors (Lipinski definition) is 5. The van der Waals surface area contributed by atoms with Crippen LogP contribution in [0.2, 0.25) is 0 Å². The van der Waals surface area contributed by atoms with Crippen LogP contribution in [0.15, 0.2) is 60.8 Å². The van der Waals surface area contributed by atoms with Crippen molar-refractivity contribution < 1.29 is 28.3 Å². The molecular weight excluding hydrogens is 432 g/mol. The van der Waals surface area contributed by atoms with Crippen LogP contribution in [0.5, 0.6) is 0 Å². The maximum absolute atomic E-state index is 14.4. The molecule has 1 aliphatic rings. The Hall–Kier alpha value is -3.85. The summed E-state index contributed by atoms with van der Waals surface area (Å²) in [6, 6.07) is 13.0. The van der Waals surface area contributed by atoms with Crippen LogP contribution in [-0.2, 0) is 11.4 Å². The summed E-state index contributed by atoms with van der Waals surface area (Å²) in [7, 11) is 0. The third-order valence-electron chi connectivity index (χ3n) is 5.43. The lowest BCUT2D eigenvalue weighted by Crippen LogP contribution is -2.28. The number of carbonyl (C=O) groups excluding carboxylic acids is 1. The molecule has 0 saturated carbocycles. The lowest BCUT2D eigenvalue weighted by Gasteiger charge is -2.25. The Morgan fingerprint density at radius 2 is 1.91 bits per heavy atom. The van der Waals surface area contributed by atoms with Crippen molar-refractivity contribution in [2.75, 3.05) is 12.1 Å². The Balaban J connectivity index is 1.39. The highest BCUT2D eigenvalue weighted by Crippen LogP contribution is 2.38. The number of carboxylic acids is 1. The third-order valence-corrected chi connectivity index (χ3v) is 5.43. The van der Waals surface area contributed by atoms with Gasteiger partial charge in [-0.25, -0.2) is 24.0 Å². The van der Waals surface area contributed by atoms with E-state index in [0.717, 1.165) is 5.56 Å². The molecule has 33 heavy (non-hydrogen) atoms. The van der Waals surface area contributed by atoms with Crippen LogP contribution in [0, 0.1) is 11.6 Å². The second kappa shape index (κ2) is 9.74. The summed E-state index contributed by atoms with van der Waals surface area (Å²) in [6.07, 6.45) is 2.29. The number of aromatic nitrogens is 1. The largest absolute Gasteiger partial charge is 0.478 e. The van der Waals surface area contributed by atoms with Crippen molar-refractivity contribution >= 4 is 17.7 Å². The molecule has 9 heteroatoms. The normalized spacial score (nSPS) is 14.9. The van der Waals surface area contributed by atoms with Crippen LogP contribution in [-0.4, -0.2) is 33.5 Å². The van der Waals surface area contributed by atoms with E-state index in [1.165, 1.54) is 36.5 Å². The maximum atomic E-state index is 14.4. The highest BCUT2D eigenvalue weighted by molar-refractivity contribution is 5.99. The van der Waals surface area contributed by atoms with Crippen molar-refractivity contribution in [3.8, 4) is 0 Å². The second-order valence-corrected chi connectivity index (χ2v) is 7.61. The maximum Gasteiger partial charge on any atom is 0.337 e. The lowest BCUT2D eigenvalue weighted by atomic mass is 10.0. The quantitative estimate of drug-likeness (QED) is 0.364. The van der Waals surface area contributed by atoms with Crippen LogP contribution in [0.3, 0.4) is 0 Å². The van der Waals surface area contributed by atoms with Gasteiger partial charge in [0.05, 0.1) is 23.8 Å². The summed E-state index contributed by atoms with van der Waals surface area (Å²) in [6.45, 7) is 0.513. The number of anilines is 1. The number of nitrogens with zero attached hydrogens (tertiary/aromatic N) is 2. The number of aromatic carboxylic acids is 1. The molecule has 0 saturated heterocycles. The van der Waals surface area contributed by atoms with E-state index in [0.29, 0.717) is 24.2 Å². The number of fused-ring (bicyclic) bond motifs is 1. The molecule has 1 aromatic heterocycles. The van der Waals surface area contributed by atoms with Crippen molar-refractivity contribution in [2.45, 2.75) is 25.4 Å².